The van der Waals surface area contributed by atoms with Crippen molar-refractivity contribution < 1.29 is 19.5 Å². The maximum absolute atomic E-state index is 12.8. The molecule has 170 valence electrons. The van der Waals surface area contributed by atoms with Crippen LogP contribution < -0.4 is 0 Å². The molecule has 1 N–H and O–H groups in total. The predicted octanol–water partition coefficient (Wildman–Crippen LogP) is 4.05. The summed E-state index contributed by atoms with van der Waals surface area (Å²) in [6.45, 7) is 3.09. The van der Waals surface area contributed by atoms with Gasteiger partial charge in [0, 0.05) is 42.2 Å². The molecule has 2 aromatic rings. The minimum atomic E-state index is -0.250. The lowest BCUT2D eigenvalue weighted by Crippen LogP contribution is -2.29. The largest absolute Gasteiger partial charge is 0.483 e. The number of amides is 2. The molecular formula is C25H30N2O4S. The zero-order valence-corrected chi connectivity index (χ0v) is 19.2. The van der Waals surface area contributed by atoms with E-state index < -0.39 is 0 Å². The van der Waals surface area contributed by atoms with Gasteiger partial charge < -0.3 is 14.9 Å². The van der Waals surface area contributed by atoms with Crippen molar-refractivity contribution in [3.05, 3.63) is 65.2 Å². The smallest absolute Gasteiger partial charge is 0.290 e. The van der Waals surface area contributed by atoms with Crippen molar-refractivity contribution >= 4 is 30.0 Å². The van der Waals surface area contributed by atoms with Crippen LogP contribution in [0.1, 0.15) is 45.5 Å². The summed E-state index contributed by atoms with van der Waals surface area (Å²) in [7, 11) is 0. The highest BCUT2D eigenvalue weighted by molar-refractivity contribution is 7.98. The summed E-state index contributed by atoms with van der Waals surface area (Å²) < 4.78 is 0. The van der Waals surface area contributed by atoms with E-state index in [-0.39, 0.29) is 18.3 Å². The van der Waals surface area contributed by atoms with E-state index in [0.29, 0.717) is 5.92 Å². The number of hydrogen-bond acceptors (Lipinski definition) is 4. The Balaban J connectivity index is 0.000000913. The molecule has 1 unspecified atom stereocenters. The van der Waals surface area contributed by atoms with E-state index in [1.807, 2.05) is 58.5 Å². The molecule has 2 saturated heterocycles. The summed E-state index contributed by atoms with van der Waals surface area (Å²) in [5.74, 6) is 0.723. The highest BCUT2D eigenvalue weighted by Crippen LogP contribution is 2.24. The molecule has 4 rings (SSSR count). The lowest BCUT2D eigenvalue weighted by Gasteiger charge is -2.18. The van der Waals surface area contributed by atoms with Gasteiger partial charge in [0.1, 0.15) is 0 Å². The molecular weight excluding hydrogens is 424 g/mol. The Bertz CT molecular complexity index is 926. The van der Waals surface area contributed by atoms with Crippen LogP contribution in [0.5, 0.6) is 0 Å². The molecule has 2 fully saturated rings. The lowest BCUT2D eigenvalue weighted by atomic mass is 9.97. The Hall–Kier alpha value is -2.80. The van der Waals surface area contributed by atoms with E-state index >= 15 is 0 Å². The number of benzene rings is 2. The third kappa shape index (κ3) is 6.13. The van der Waals surface area contributed by atoms with Gasteiger partial charge in [-0.3, -0.25) is 14.4 Å². The Labute approximate surface area is 193 Å². The molecule has 0 bridgehead atoms. The van der Waals surface area contributed by atoms with Crippen molar-refractivity contribution in [1.29, 1.82) is 0 Å². The van der Waals surface area contributed by atoms with E-state index in [2.05, 4.69) is 6.07 Å². The number of rotatable bonds is 5. The second kappa shape index (κ2) is 11.7. The second-order valence-corrected chi connectivity index (χ2v) is 9.02. The third-order valence-corrected chi connectivity index (χ3v) is 6.75. The van der Waals surface area contributed by atoms with Crippen LogP contribution in [0, 0.1) is 5.92 Å². The van der Waals surface area contributed by atoms with Gasteiger partial charge in [0.2, 0.25) is 0 Å². The quantitative estimate of drug-likeness (QED) is 0.545. The first-order valence-electron chi connectivity index (χ1n) is 10.9. The maximum Gasteiger partial charge on any atom is 0.290 e. The number of likely N-dealkylation sites (tertiary alicyclic amines) is 2. The van der Waals surface area contributed by atoms with E-state index in [9.17, 15) is 9.59 Å². The summed E-state index contributed by atoms with van der Waals surface area (Å²) in [6, 6.07) is 15.9. The first kappa shape index (κ1) is 23.9. The molecule has 2 aliphatic heterocycles. The van der Waals surface area contributed by atoms with Gasteiger partial charge in [-0.1, -0.05) is 12.1 Å². The second-order valence-electron chi connectivity index (χ2n) is 8.14. The fourth-order valence-electron chi connectivity index (χ4n) is 4.37. The number of thioether (sulfide) groups is 1. The van der Waals surface area contributed by atoms with Crippen LogP contribution in [0.15, 0.2) is 53.4 Å². The molecule has 2 aliphatic rings. The Morgan fingerprint density at radius 3 is 2.31 bits per heavy atom. The van der Waals surface area contributed by atoms with E-state index in [4.69, 9.17) is 9.90 Å². The summed E-state index contributed by atoms with van der Waals surface area (Å²) >= 11 is 1.68. The highest BCUT2D eigenvalue weighted by atomic mass is 32.2. The van der Waals surface area contributed by atoms with Gasteiger partial charge in [-0.05, 0) is 79.8 Å². The highest BCUT2D eigenvalue weighted by Gasteiger charge is 2.27. The summed E-state index contributed by atoms with van der Waals surface area (Å²) in [5.41, 5.74) is 2.75. The van der Waals surface area contributed by atoms with E-state index in [1.54, 1.807) is 11.8 Å². The molecule has 2 amide bonds. The Morgan fingerprint density at radius 1 is 1.00 bits per heavy atom. The third-order valence-electron chi connectivity index (χ3n) is 6.00. The van der Waals surface area contributed by atoms with Crippen molar-refractivity contribution in [3.63, 3.8) is 0 Å². The zero-order valence-electron chi connectivity index (χ0n) is 18.4. The average molecular weight is 455 g/mol. The van der Waals surface area contributed by atoms with Crippen LogP contribution in [-0.4, -0.2) is 65.6 Å². The van der Waals surface area contributed by atoms with Crippen LogP contribution in [0.25, 0.3) is 0 Å². The van der Waals surface area contributed by atoms with Gasteiger partial charge in [0.25, 0.3) is 18.3 Å². The maximum atomic E-state index is 12.8. The van der Waals surface area contributed by atoms with Gasteiger partial charge in [0.15, 0.2) is 0 Å². The molecule has 2 heterocycles. The number of hydrogen-bond donors (Lipinski definition) is 1. The van der Waals surface area contributed by atoms with Crippen molar-refractivity contribution in [2.75, 3.05) is 32.4 Å². The van der Waals surface area contributed by atoms with Gasteiger partial charge in [-0.15, -0.1) is 11.8 Å². The van der Waals surface area contributed by atoms with Gasteiger partial charge in [-0.25, -0.2) is 0 Å². The molecule has 0 aromatic heterocycles. The summed E-state index contributed by atoms with van der Waals surface area (Å²) in [5, 5.41) is 6.89. The van der Waals surface area contributed by atoms with Gasteiger partial charge in [0.05, 0.1) is 0 Å². The number of carbonyl (C=O) groups is 3. The average Bonchev–Trinajstić information content (AvgIpc) is 3.52. The van der Waals surface area contributed by atoms with Crippen molar-refractivity contribution in [1.82, 2.24) is 9.80 Å². The SMILES string of the molecule is CSc1ccc(C(=O)N2CCC(Cc3cccc(C(=O)N4CCCC4)c3)C2)cc1.O=CO. The van der Waals surface area contributed by atoms with Crippen LogP contribution in [0.2, 0.25) is 0 Å². The van der Waals surface area contributed by atoms with Crippen LogP contribution >= 0.6 is 11.8 Å². The molecule has 0 spiro atoms. The molecule has 6 nitrogen and oxygen atoms in total. The minimum absolute atomic E-state index is 0.123. The first-order valence-corrected chi connectivity index (χ1v) is 12.2. The van der Waals surface area contributed by atoms with Gasteiger partial charge >= 0.3 is 0 Å². The first-order chi connectivity index (χ1) is 15.5. The molecule has 7 heteroatoms. The monoisotopic (exact) mass is 454 g/mol. The minimum Gasteiger partial charge on any atom is -0.483 e. The standard InChI is InChI=1S/C24H28N2O2S.CH2O2/c1-29-22-9-7-20(8-10-22)23(27)26-14-11-19(17-26)15-18-5-4-6-21(16-18)24(28)25-12-2-3-13-25;2-1-3/h4-10,16,19H,2-3,11-15,17H2,1H3;1H,(H,2,3). The van der Waals surface area contributed by atoms with Crippen molar-refractivity contribution in [3.8, 4) is 0 Å². The van der Waals surface area contributed by atoms with E-state index in [1.165, 1.54) is 10.5 Å². The zero-order chi connectivity index (χ0) is 22.9. The predicted molar refractivity (Wildman–Crippen MR) is 126 cm³/mol. The van der Waals surface area contributed by atoms with Crippen molar-refractivity contribution in [2.24, 2.45) is 5.92 Å². The number of carboxylic acid groups (broad SMARTS) is 1. The van der Waals surface area contributed by atoms with Crippen molar-refractivity contribution in [2.45, 2.75) is 30.6 Å². The van der Waals surface area contributed by atoms with Crippen LogP contribution in [-0.2, 0) is 11.2 Å². The van der Waals surface area contributed by atoms with Gasteiger partial charge in [-0.2, -0.15) is 0 Å². The summed E-state index contributed by atoms with van der Waals surface area (Å²) in [4.78, 5) is 38.9. The molecule has 2 aromatic carbocycles. The molecule has 32 heavy (non-hydrogen) atoms. The molecule has 0 aliphatic carbocycles. The topological polar surface area (TPSA) is 77.9 Å². The fourth-order valence-corrected chi connectivity index (χ4v) is 4.78. The number of carbonyl (C=O) groups excluding carboxylic acids is 2. The molecule has 1 atom stereocenters. The fraction of sp³-hybridized carbons (Fsp3) is 0.400. The number of nitrogens with zero attached hydrogens (tertiary/aromatic N) is 2. The molecule has 0 radical (unpaired) electrons. The normalized spacial score (nSPS) is 17.6. The summed E-state index contributed by atoms with van der Waals surface area (Å²) in [6.07, 6.45) is 6.18. The Kier molecular flexibility index (Phi) is 8.73. The van der Waals surface area contributed by atoms with E-state index in [0.717, 1.165) is 63.0 Å². The van der Waals surface area contributed by atoms with Crippen LogP contribution in [0.3, 0.4) is 0 Å². The Morgan fingerprint density at radius 2 is 1.66 bits per heavy atom. The molecule has 0 saturated carbocycles. The van der Waals surface area contributed by atoms with Crippen LogP contribution in [0.4, 0.5) is 0 Å². The lowest BCUT2D eigenvalue weighted by molar-refractivity contribution is -0.122.